The molecule has 3 aromatic carbocycles. The number of nitrogens with one attached hydrogen (secondary N) is 1. The van der Waals surface area contributed by atoms with Crippen LogP contribution in [0, 0.1) is 0 Å². The molecule has 0 bridgehead atoms. The summed E-state index contributed by atoms with van der Waals surface area (Å²) in [5.41, 5.74) is 3.85. The summed E-state index contributed by atoms with van der Waals surface area (Å²) in [4.78, 5) is 23.8. The fourth-order valence-electron chi connectivity index (χ4n) is 5.09. The van der Waals surface area contributed by atoms with Gasteiger partial charge >= 0.3 is 11.9 Å². The Morgan fingerprint density at radius 1 is 0.842 bits per heavy atom. The van der Waals surface area contributed by atoms with Gasteiger partial charge in [0, 0.05) is 29.1 Å². The molecule has 0 unspecified atom stereocenters. The standard InChI is InChI=1S/C28H30N2O2.C2H2O4/c31-24(21-32-27-13-7-12-26-25(27)14-17-29-26)20-30-18-15-28(16-19-30,22-8-3-1-4-9-22)23-10-5-2-6-11-23;3-1(4)2(5)6/h1-14,17,24,29,31H,15-16,18-21H2;(H,3,4)(H,5,6)/t24-;/m0./s1. The number of piperidine rings is 1. The quantitative estimate of drug-likeness (QED) is 0.272. The van der Waals surface area contributed by atoms with Crippen LogP contribution < -0.4 is 4.74 Å². The summed E-state index contributed by atoms with van der Waals surface area (Å²) in [6, 6.07) is 29.7. The minimum Gasteiger partial charge on any atom is -0.490 e. The van der Waals surface area contributed by atoms with E-state index in [1.165, 1.54) is 11.1 Å². The van der Waals surface area contributed by atoms with Crippen molar-refractivity contribution in [3.05, 3.63) is 102 Å². The topological polar surface area (TPSA) is 123 Å². The number of likely N-dealkylation sites (tertiary alicyclic amines) is 1. The molecular weight excluding hydrogens is 484 g/mol. The fraction of sp³-hybridized carbons (Fsp3) is 0.267. The van der Waals surface area contributed by atoms with Gasteiger partial charge in [0.15, 0.2) is 0 Å². The fourth-order valence-corrected chi connectivity index (χ4v) is 5.09. The lowest BCUT2D eigenvalue weighted by Crippen LogP contribution is -2.46. The number of carboxylic acid groups (broad SMARTS) is 2. The average Bonchev–Trinajstić information content (AvgIpc) is 3.43. The molecule has 4 N–H and O–H groups in total. The van der Waals surface area contributed by atoms with E-state index in [0.717, 1.165) is 42.6 Å². The van der Waals surface area contributed by atoms with Gasteiger partial charge in [-0.3, -0.25) is 0 Å². The molecule has 38 heavy (non-hydrogen) atoms. The molecule has 0 aliphatic carbocycles. The summed E-state index contributed by atoms with van der Waals surface area (Å²) in [6.07, 6.45) is 3.47. The third kappa shape index (κ3) is 6.40. The number of aliphatic carboxylic acids is 2. The first-order valence-corrected chi connectivity index (χ1v) is 12.6. The van der Waals surface area contributed by atoms with Crippen molar-refractivity contribution in [1.82, 2.24) is 9.88 Å². The van der Waals surface area contributed by atoms with Gasteiger partial charge < -0.3 is 29.9 Å². The van der Waals surface area contributed by atoms with Gasteiger partial charge in [0.25, 0.3) is 0 Å². The SMILES string of the molecule is O=C(O)C(=O)O.O[C@H](COc1cccc2[nH]ccc12)CN1CCC(c2ccccc2)(c2ccccc2)CC1. The maximum absolute atomic E-state index is 10.7. The Morgan fingerprint density at radius 3 is 1.97 bits per heavy atom. The highest BCUT2D eigenvalue weighted by atomic mass is 16.5. The van der Waals surface area contributed by atoms with E-state index in [4.69, 9.17) is 24.5 Å². The largest absolute Gasteiger partial charge is 0.490 e. The lowest BCUT2D eigenvalue weighted by atomic mass is 9.68. The van der Waals surface area contributed by atoms with Crippen molar-refractivity contribution in [2.75, 3.05) is 26.2 Å². The molecule has 5 rings (SSSR count). The number of rotatable bonds is 7. The van der Waals surface area contributed by atoms with Gasteiger partial charge in [0.2, 0.25) is 0 Å². The van der Waals surface area contributed by atoms with Gasteiger partial charge in [-0.25, -0.2) is 9.59 Å². The molecule has 198 valence electrons. The van der Waals surface area contributed by atoms with Crippen LogP contribution in [0.5, 0.6) is 5.75 Å². The summed E-state index contributed by atoms with van der Waals surface area (Å²) in [5, 5.41) is 26.5. The number of benzene rings is 3. The zero-order valence-corrected chi connectivity index (χ0v) is 21.0. The van der Waals surface area contributed by atoms with Crippen LogP contribution in [0.3, 0.4) is 0 Å². The number of aromatic amines is 1. The van der Waals surface area contributed by atoms with E-state index in [-0.39, 0.29) is 5.41 Å². The van der Waals surface area contributed by atoms with Gasteiger partial charge in [-0.2, -0.15) is 0 Å². The Kier molecular flexibility index (Phi) is 8.78. The van der Waals surface area contributed by atoms with Gasteiger partial charge in [-0.05, 0) is 55.3 Å². The first-order chi connectivity index (χ1) is 18.4. The smallest absolute Gasteiger partial charge is 0.414 e. The number of aliphatic hydroxyl groups is 1. The summed E-state index contributed by atoms with van der Waals surface area (Å²) >= 11 is 0. The van der Waals surface area contributed by atoms with E-state index in [2.05, 4.69) is 70.5 Å². The van der Waals surface area contributed by atoms with Crippen LogP contribution in [0.1, 0.15) is 24.0 Å². The Bertz CT molecular complexity index is 1280. The van der Waals surface area contributed by atoms with Crippen molar-refractivity contribution in [2.24, 2.45) is 0 Å². The maximum Gasteiger partial charge on any atom is 0.414 e. The lowest BCUT2D eigenvalue weighted by Gasteiger charge is -2.43. The zero-order chi connectivity index (χ0) is 27.0. The number of hydrogen-bond donors (Lipinski definition) is 4. The molecule has 8 nitrogen and oxygen atoms in total. The Labute approximate surface area is 221 Å². The zero-order valence-electron chi connectivity index (χ0n) is 21.0. The molecular formula is C30H32N2O6. The monoisotopic (exact) mass is 516 g/mol. The first-order valence-electron chi connectivity index (χ1n) is 12.6. The highest BCUT2D eigenvalue weighted by molar-refractivity contribution is 6.27. The molecule has 2 heterocycles. The molecule has 1 atom stereocenters. The van der Waals surface area contributed by atoms with Crippen LogP contribution in [-0.4, -0.2) is 69.5 Å². The predicted molar refractivity (Wildman–Crippen MR) is 144 cm³/mol. The first kappa shape index (κ1) is 26.9. The molecule has 0 amide bonds. The average molecular weight is 517 g/mol. The van der Waals surface area contributed by atoms with Gasteiger partial charge in [-0.1, -0.05) is 66.7 Å². The molecule has 1 fully saturated rings. The second kappa shape index (κ2) is 12.4. The number of carboxylic acids is 2. The Morgan fingerprint density at radius 2 is 1.42 bits per heavy atom. The van der Waals surface area contributed by atoms with Crippen molar-refractivity contribution in [3.8, 4) is 5.75 Å². The van der Waals surface area contributed by atoms with E-state index in [1.807, 2.05) is 30.5 Å². The highest BCUT2D eigenvalue weighted by Crippen LogP contribution is 2.41. The van der Waals surface area contributed by atoms with E-state index in [9.17, 15) is 5.11 Å². The molecule has 1 aromatic heterocycles. The summed E-state index contributed by atoms with van der Waals surface area (Å²) in [6.45, 7) is 2.83. The second-order valence-electron chi connectivity index (χ2n) is 9.38. The predicted octanol–water partition coefficient (Wildman–Crippen LogP) is 4.15. The molecule has 0 saturated carbocycles. The highest BCUT2D eigenvalue weighted by Gasteiger charge is 2.37. The van der Waals surface area contributed by atoms with E-state index in [1.54, 1.807) is 0 Å². The summed E-state index contributed by atoms with van der Waals surface area (Å²) < 4.78 is 5.96. The number of ether oxygens (including phenoxy) is 1. The van der Waals surface area contributed by atoms with Crippen LogP contribution in [-0.2, 0) is 15.0 Å². The van der Waals surface area contributed by atoms with Gasteiger partial charge in [0.1, 0.15) is 18.5 Å². The van der Waals surface area contributed by atoms with Crippen molar-refractivity contribution >= 4 is 22.8 Å². The van der Waals surface area contributed by atoms with Crippen LogP contribution in [0.15, 0.2) is 91.1 Å². The summed E-state index contributed by atoms with van der Waals surface area (Å²) in [5.74, 6) is -2.83. The normalized spacial score (nSPS) is 15.7. The number of aliphatic hydroxyl groups excluding tert-OH is 1. The number of hydrogen-bond acceptors (Lipinski definition) is 5. The minimum atomic E-state index is -1.82. The number of H-pyrrole nitrogens is 1. The van der Waals surface area contributed by atoms with Crippen LogP contribution >= 0.6 is 0 Å². The number of β-amino-alcohol motifs (C(OH)–C–C–N with tert-alkyl or cyclic N) is 1. The number of aromatic nitrogens is 1. The molecule has 0 spiro atoms. The van der Waals surface area contributed by atoms with Crippen LogP contribution in [0.2, 0.25) is 0 Å². The minimum absolute atomic E-state index is 0.0321. The van der Waals surface area contributed by atoms with Gasteiger partial charge in [0.05, 0.1) is 0 Å². The van der Waals surface area contributed by atoms with Crippen molar-refractivity contribution in [2.45, 2.75) is 24.4 Å². The van der Waals surface area contributed by atoms with E-state index >= 15 is 0 Å². The molecule has 1 aliphatic heterocycles. The number of nitrogens with zero attached hydrogens (tertiary/aromatic N) is 1. The van der Waals surface area contributed by atoms with Crippen molar-refractivity contribution < 1.29 is 29.6 Å². The van der Waals surface area contributed by atoms with Crippen LogP contribution in [0.4, 0.5) is 0 Å². The summed E-state index contributed by atoms with van der Waals surface area (Å²) in [7, 11) is 0. The lowest BCUT2D eigenvalue weighted by molar-refractivity contribution is -0.159. The van der Waals surface area contributed by atoms with E-state index in [0.29, 0.717) is 13.2 Å². The third-order valence-electron chi connectivity index (χ3n) is 7.00. The molecule has 4 aromatic rings. The van der Waals surface area contributed by atoms with Gasteiger partial charge in [-0.15, -0.1) is 0 Å². The molecule has 1 aliphatic rings. The van der Waals surface area contributed by atoms with E-state index < -0.39 is 18.0 Å². The van der Waals surface area contributed by atoms with Crippen molar-refractivity contribution in [1.29, 1.82) is 0 Å². The second-order valence-corrected chi connectivity index (χ2v) is 9.38. The molecule has 0 radical (unpaired) electrons. The van der Waals surface area contributed by atoms with Crippen LogP contribution in [0.25, 0.3) is 10.9 Å². The number of fused-ring (bicyclic) bond motifs is 1. The molecule has 8 heteroatoms. The Balaban J connectivity index is 0.000000505. The Hall–Kier alpha value is -4.14. The number of carbonyl (C=O) groups is 2. The third-order valence-corrected chi connectivity index (χ3v) is 7.00. The molecule has 1 saturated heterocycles. The van der Waals surface area contributed by atoms with Crippen molar-refractivity contribution in [3.63, 3.8) is 0 Å². The maximum atomic E-state index is 10.7.